The Kier molecular flexibility index (Phi) is 45.9. The maximum Gasteiger partial charge on any atom is 0.335 e. The van der Waals surface area contributed by atoms with Crippen LogP contribution in [0.25, 0.3) is 0 Å². The largest absolute Gasteiger partial charge is 0.479 e. The fourth-order valence-corrected chi connectivity index (χ4v) is 8.79. The Bertz CT molecular complexity index is 1460. The van der Waals surface area contributed by atoms with Crippen LogP contribution in [0.15, 0.2) is 48.6 Å². The lowest BCUT2D eigenvalue weighted by Crippen LogP contribution is -2.61. The number of carbonyl (C=O) groups excluding carboxylic acids is 3. The van der Waals surface area contributed by atoms with E-state index < -0.39 is 67.3 Å². The minimum atomic E-state index is -1.91. The van der Waals surface area contributed by atoms with E-state index in [1.807, 2.05) is 0 Å². The lowest BCUT2D eigenvalue weighted by atomic mass is 9.98. The van der Waals surface area contributed by atoms with Crippen LogP contribution < -0.4 is 0 Å². The quantitative estimate of drug-likeness (QED) is 0.0228. The lowest BCUT2D eigenvalue weighted by molar-refractivity contribution is -0.301. The predicted molar refractivity (Wildman–Crippen MR) is 294 cm³/mol. The highest BCUT2D eigenvalue weighted by Crippen LogP contribution is 2.26. The zero-order valence-corrected chi connectivity index (χ0v) is 46.4. The van der Waals surface area contributed by atoms with Gasteiger partial charge in [0.1, 0.15) is 18.8 Å². The molecule has 0 radical (unpaired) electrons. The molecule has 0 bridgehead atoms. The Labute approximate surface area is 443 Å². The Balaban J connectivity index is 2.69. The van der Waals surface area contributed by atoms with Gasteiger partial charge in [-0.25, -0.2) is 4.79 Å². The minimum absolute atomic E-state index is 0.0518. The molecule has 0 aromatic carbocycles. The third kappa shape index (κ3) is 39.7. The second-order valence-electron chi connectivity index (χ2n) is 20.3. The highest BCUT2D eigenvalue weighted by Gasteiger charge is 2.50. The summed E-state index contributed by atoms with van der Waals surface area (Å²) in [5.74, 6) is -3.13. The molecule has 1 saturated heterocycles. The number of carboxylic acids is 1. The molecule has 1 aliphatic heterocycles. The van der Waals surface area contributed by atoms with Gasteiger partial charge in [-0.3, -0.25) is 14.4 Å². The molecule has 12 nitrogen and oxygen atoms in total. The zero-order valence-electron chi connectivity index (χ0n) is 46.4. The second-order valence-corrected chi connectivity index (χ2v) is 20.3. The van der Waals surface area contributed by atoms with E-state index >= 15 is 0 Å². The van der Waals surface area contributed by atoms with E-state index in [2.05, 4.69) is 69.4 Å². The average molecular weight is 1030 g/mol. The second kappa shape index (κ2) is 49.6. The molecule has 1 aliphatic rings. The molecule has 0 saturated carbocycles. The van der Waals surface area contributed by atoms with Gasteiger partial charge in [-0.1, -0.05) is 217 Å². The van der Waals surface area contributed by atoms with Gasteiger partial charge in [-0.05, 0) is 77.0 Å². The molecule has 73 heavy (non-hydrogen) atoms. The van der Waals surface area contributed by atoms with Crippen molar-refractivity contribution in [3.05, 3.63) is 48.6 Å². The molecule has 0 aromatic heterocycles. The number of unbranched alkanes of at least 4 members (excludes halogenated alkanes) is 28. The van der Waals surface area contributed by atoms with E-state index in [0.29, 0.717) is 19.3 Å². The van der Waals surface area contributed by atoms with E-state index in [4.69, 9.17) is 23.7 Å². The summed E-state index contributed by atoms with van der Waals surface area (Å²) in [7, 11) is 0. The van der Waals surface area contributed by atoms with E-state index in [1.54, 1.807) is 0 Å². The highest BCUT2D eigenvalue weighted by molar-refractivity contribution is 5.74. The molecular formula is C61H106O12. The van der Waals surface area contributed by atoms with Crippen molar-refractivity contribution in [2.75, 3.05) is 13.2 Å². The number of carboxylic acid groups (broad SMARTS) is 1. The lowest BCUT2D eigenvalue weighted by Gasteiger charge is -2.40. The van der Waals surface area contributed by atoms with Crippen LogP contribution in [0.2, 0.25) is 0 Å². The number of aliphatic carboxylic acids is 1. The number of hydrogen-bond donors (Lipinski definition) is 3. The number of hydrogen-bond acceptors (Lipinski definition) is 11. The standard InChI is InChI=1S/C61H106O12/c1-4-7-10-13-16-19-22-25-26-27-28-31-34-37-40-43-46-49-55(64)72-59-57(66)56(65)58(60(67)68)73-61(59)70-51-52(71-54(63)48-45-42-39-36-33-30-24-21-18-15-12-9-6-3)50-69-53(62)47-44-41-38-35-32-29-23-20-17-14-11-8-5-2/h11,14,16,19-20,23,25-26,52,56-59,61,65-66H,4-10,12-13,15,17-18,21-22,24,27-51H2,1-3H3,(H,67,68)/b14-11-,19-16-,23-20-,26-25-. The van der Waals surface area contributed by atoms with Gasteiger partial charge in [0.2, 0.25) is 0 Å². The van der Waals surface area contributed by atoms with Crippen molar-refractivity contribution in [3.63, 3.8) is 0 Å². The monoisotopic (exact) mass is 1030 g/mol. The molecular weight excluding hydrogens is 925 g/mol. The molecule has 6 unspecified atom stereocenters. The van der Waals surface area contributed by atoms with Crippen LogP contribution in [0, 0.1) is 0 Å². The maximum atomic E-state index is 13.1. The van der Waals surface area contributed by atoms with Gasteiger partial charge in [-0.15, -0.1) is 0 Å². The van der Waals surface area contributed by atoms with Crippen LogP contribution in [0.5, 0.6) is 0 Å². The van der Waals surface area contributed by atoms with Crippen LogP contribution in [0.1, 0.15) is 265 Å². The van der Waals surface area contributed by atoms with Gasteiger partial charge < -0.3 is 39.0 Å². The summed E-state index contributed by atoms with van der Waals surface area (Å²) in [6.07, 6.45) is 46.5. The van der Waals surface area contributed by atoms with E-state index in [9.17, 15) is 34.5 Å². The van der Waals surface area contributed by atoms with Crippen molar-refractivity contribution in [1.82, 2.24) is 0 Å². The van der Waals surface area contributed by atoms with Crippen molar-refractivity contribution >= 4 is 23.9 Å². The van der Waals surface area contributed by atoms with Crippen molar-refractivity contribution in [2.45, 2.75) is 302 Å². The fourth-order valence-electron chi connectivity index (χ4n) is 8.79. The predicted octanol–water partition coefficient (Wildman–Crippen LogP) is 15.0. The number of aliphatic hydroxyl groups is 2. The summed E-state index contributed by atoms with van der Waals surface area (Å²) in [4.78, 5) is 51.1. The molecule has 0 aromatic rings. The summed E-state index contributed by atoms with van der Waals surface area (Å²) in [6.45, 7) is 5.90. The number of rotatable bonds is 50. The number of aliphatic hydroxyl groups excluding tert-OH is 2. The first kappa shape index (κ1) is 67.7. The molecule has 422 valence electrons. The van der Waals surface area contributed by atoms with Crippen molar-refractivity contribution in [1.29, 1.82) is 0 Å². The first-order chi connectivity index (χ1) is 35.6. The third-order valence-corrected chi connectivity index (χ3v) is 13.4. The van der Waals surface area contributed by atoms with Gasteiger partial charge in [0, 0.05) is 19.3 Å². The molecule has 3 N–H and O–H groups in total. The van der Waals surface area contributed by atoms with Gasteiger partial charge in [0.25, 0.3) is 0 Å². The minimum Gasteiger partial charge on any atom is -0.479 e. The van der Waals surface area contributed by atoms with Gasteiger partial charge in [0.05, 0.1) is 6.61 Å². The van der Waals surface area contributed by atoms with Crippen LogP contribution >= 0.6 is 0 Å². The molecule has 0 spiro atoms. The Hall–Kier alpha value is -3.32. The topological polar surface area (TPSA) is 175 Å². The van der Waals surface area contributed by atoms with Crippen LogP contribution in [-0.2, 0) is 42.9 Å². The van der Waals surface area contributed by atoms with Crippen molar-refractivity contribution in [2.24, 2.45) is 0 Å². The van der Waals surface area contributed by atoms with Crippen LogP contribution in [0.3, 0.4) is 0 Å². The van der Waals surface area contributed by atoms with Crippen LogP contribution in [-0.4, -0.2) is 89.2 Å². The Morgan fingerprint density at radius 1 is 0.452 bits per heavy atom. The summed E-state index contributed by atoms with van der Waals surface area (Å²) < 4.78 is 28.4. The smallest absolute Gasteiger partial charge is 0.335 e. The molecule has 6 atom stereocenters. The highest BCUT2D eigenvalue weighted by atomic mass is 16.7. The van der Waals surface area contributed by atoms with E-state index in [-0.39, 0.29) is 25.9 Å². The number of carbonyl (C=O) groups is 4. The maximum absolute atomic E-state index is 13.1. The molecule has 1 fully saturated rings. The average Bonchev–Trinajstić information content (AvgIpc) is 3.37. The summed E-state index contributed by atoms with van der Waals surface area (Å²) in [5.41, 5.74) is 0. The summed E-state index contributed by atoms with van der Waals surface area (Å²) in [5, 5.41) is 31.5. The normalized spacial score (nSPS) is 18.6. The van der Waals surface area contributed by atoms with Crippen LogP contribution in [0.4, 0.5) is 0 Å². The third-order valence-electron chi connectivity index (χ3n) is 13.4. The molecule has 1 heterocycles. The molecule has 0 amide bonds. The summed E-state index contributed by atoms with van der Waals surface area (Å²) in [6, 6.07) is 0. The summed E-state index contributed by atoms with van der Waals surface area (Å²) >= 11 is 0. The first-order valence-electron chi connectivity index (χ1n) is 29.6. The van der Waals surface area contributed by atoms with Gasteiger partial charge in [-0.2, -0.15) is 0 Å². The number of ether oxygens (including phenoxy) is 5. The Morgan fingerprint density at radius 3 is 1.32 bits per heavy atom. The van der Waals surface area contributed by atoms with Gasteiger partial charge in [0.15, 0.2) is 24.6 Å². The van der Waals surface area contributed by atoms with E-state index in [0.717, 1.165) is 128 Å². The zero-order chi connectivity index (χ0) is 53.3. The van der Waals surface area contributed by atoms with E-state index in [1.165, 1.54) is 77.0 Å². The molecule has 1 rings (SSSR count). The fraction of sp³-hybridized carbons (Fsp3) is 0.803. The Morgan fingerprint density at radius 2 is 0.849 bits per heavy atom. The van der Waals surface area contributed by atoms with Crippen molar-refractivity contribution in [3.8, 4) is 0 Å². The van der Waals surface area contributed by atoms with Gasteiger partial charge >= 0.3 is 23.9 Å². The first-order valence-corrected chi connectivity index (χ1v) is 29.6. The number of esters is 3. The number of allylic oxidation sites excluding steroid dienone is 8. The molecule has 0 aliphatic carbocycles. The van der Waals surface area contributed by atoms with Crippen molar-refractivity contribution < 1.29 is 58.2 Å². The SMILES string of the molecule is CCC/C=C\C/C=C\CCCCCCCC(=O)OCC(COC1OC(C(=O)O)C(O)C(O)C1OC(=O)CCCCCCCCC/C=C\C/C=C\CCCCC)OC(=O)CCCCCCCCCCCCCCC. The molecule has 12 heteroatoms.